The predicted octanol–water partition coefficient (Wildman–Crippen LogP) is 1.63. The van der Waals surface area contributed by atoms with Gasteiger partial charge in [0.05, 0.1) is 77.4 Å². The molecule has 0 aromatic rings. The Kier molecular flexibility index (Phi) is 16.7. The summed E-state index contributed by atoms with van der Waals surface area (Å²) < 4.78 is 53.9. The topological polar surface area (TPSA) is 150 Å². The van der Waals surface area contributed by atoms with Crippen LogP contribution in [-0.2, 0) is 37.1 Å². The molecule has 0 aliphatic rings. The molecule has 30 heavy (non-hydrogen) atoms. The second-order valence-electron chi connectivity index (χ2n) is 7.01. The van der Waals surface area contributed by atoms with Crippen LogP contribution in [0.2, 0.25) is 0 Å². The van der Waals surface area contributed by atoms with Crippen molar-refractivity contribution in [2.24, 2.45) is 0 Å². The molecular weight excluding hydrogens is 442 g/mol. The van der Waals surface area contributed by atoms with Crippen LogP contribution < -0.4 is 0 Å². The number of hydrogen-bond acceptors (Lipinski definition) is 9. The van der Waals surface area contributed by atoms with Gasteiger partial charge >= 0.3 is 15.2 Å². The molecule has 0 aliphatic heterocycles. The third-order valence-corrected chi connectivity index (χ3v) is 7.37. The predicted molar refractivity (Wildman–Crippen MR) is 111 cm³/mol. The van der Waals surface area contributed by atoms with Crippen LogP contribution in [0.4, 0.5) is 0 Å². The van der Waals surface area contributed by atoms with Gasteiger partial charge in [0.15, 0.2) is 0 Å². The Morgan fingerprint density at radius 3 is 1.40 bits per heavy atom. The molecule has 0 heterocycles. The molecule has 0 spiro atoms. The maximum Gasteiger partial charge on any atom is 0.330 e. The number of rotatable bonds is 20. The van der Waals surface area contributed by atoms with Crippen LogP contribution >= 0.6 is 15.2 Å². The molecule has 0 radical (unpaired) electrons. The number of ether oxygens (including phenoxy) is 4. The van der Waals surface area contributed by atoms with Crippen LogP contribution in [0.3, 0.4) is 0 Å². The molecule has 3 unspecified atom stereocenters. The molecule has 182 valence electrons. The van der Waals surface area contributed by atoms with Gasteiger partial charge in [-0.2, -0.15) is 0 Å². The fourth-order valence-corrected chi connectivity index (χ4v) is 2.96. The fraction of sp³-hybridized carbons (Fsp3) is 1.00. The summed E-state index contributed by atoms with van der Waals surface area (Å²) in [4.78, 5) is 18.9. The first-order valence-electron chi connectivity index (χ1n) is 9.92. The van der Waals surface area contributed by atoms with Crippen molar-refractivity contribution in [2.75, 3.05) is 66.1 Å². The summed E-state index contributed by atoms with van der Waals surface area (Å²) >= 11 is 0. The van der Waals surface area contributed by atoms with Crippen LogP contribution in [-0.4, -0.2) is 98.4 Å². The molecule has 0 bridgehead atoms. The Balaban J connectivity index is 3.39. The Morgan fingerprint density at radius 2 is 0.967 bits per heavy atom. The number of aliphatic hydroxyl groups is 1. The van der Waals surface area contributed by atoms with E-state index in [9.17, 15) is 24.0 Å². The van der Waals surface area contributed by atoms with E-state index < -0.39 is 32.6 Å². The van der Waals surface area contributed by atoms with Crippen molar-refractivity contribution >= 4 is 15.2 Å². The fourth-order valence-electron chi connectivity index (χ4n) is 1.65. The van der Waals surface area contributed by atoms with Crippen LogP contribution in [0.5, 0.6) is 0 Å². The van der Waals surface area contributed by atoms with Gasteiger partial charge in [0.1, 0.15) is 6.10 Å². The second-order valence-corrected chi connectivity index (χ2v) is 11.8. The summed E-state index contributed by atoms with van der Waals surface area (Å²) in [6, 6.07) is 0. The molecule has 0 aromatic carbocycles. The van der Waals surface area contributed by atoms with Crippen molar-refractivity contribution in [3.63, 3.8) is 0 Å². The van der Waals surface area contributed by atoms with Gasteiger partial charge in [-0.3, -0.25) is 9.13 Å². The lowest BCUT2D eigenvalue weighted by molar-refractivity contribution is -0.0259. The lowest BCUT2D eigenvalue weighted by Gasteiger charge is -2.18. The van der Waals surface area contributed by atoms with E-state index in [0.717, 1.165) is 0 Å². The maximum absolute atomic E-state index is 11.6. The molecular formula is C17H38O11P2. The molecule has 11 nitrogen and oxygen atoms in total. The second kappa shape index (κ2) is 16.7. The SMILES string of the molecule is CC(C)P(=O)(O)OCCOCCOCCOCCOCC(O)COP(=O)(O)C(C)C. The highest BCUT2D eigenvalue weighted by atomic mass is 31.2. The highest BCUT2D eigenvalue weighted by molar-refractivity contribution is 7.53. The van der Waals surface area contributed by atoms with Gasteiger partial charge in [0.2, 0.25) is 0 Å². The lowest BCUT2D eigenvalue weighted by Crippen LogP contribution is -2.23. The van der Waals surface area contributed by atoms with Crippen LogP contribution in [0.1, 0.15) is 27.7 Å². The molecule has 0 aliphatic carbocycles. The van der Waals surface area contributed by atoms with Crippen molar-refractivity contribution in [1.29, 1.82) is 0 Å². The van der Waals surface area contributed by atoms with E-state index in [1.54, 1.807) is 27.7 Å². The molecule has 3 atom stereocenters. The standard InChI is InChI=1S/C17H38O11P2/c1-15(2)29(19,20)27-12-11-25-8-7-23-5-6-24-9-10-26-13-17(18)14-28-30(21,22)16(3)4/h15-18H,5-14H2,1-4H3,(H,19,20)(H,21,22). The molecule has 0 rings (SSSR count). The smallest absolute Gasteiger partial charge is 0.330 e. The summed E-state index contributed by atoms with van der Waals surface area (Å²) in [5.74, 6) is 0. The van der Waals surface area contributed by atoms with E-state index in [1.165, 1.54) is 0 Å². The first kappa shape index (κ1) is 30.1. The largest absolute Gasteiger partial charge is 0.388 e. The quantitative estimate of drug-likeness (QED) is 0.172. The summed E-state index contributed by atoms with van der Waals surface area (Å²) in [7, 11) is -7.24. The van der Waals surface area contributed by atoms with Crippen LogP contribution in [0, 0.1) is 0 Å². The normalized spacial score (nSPS) is 17.2. The Morgan fingerprint density at radius 1 is 0.600 bits per heavy atom. The minimum Gasteiger partial charge on any atom is -0.388 e. The van der Waals surface area contributed by atoms with Crippen LogP contribution in [0.25, 0.3) is 0 Å². The zero-order valence-electron chi connectivity index (χ0n) is 18.3. The average molecular weight is 480 g/mol. The van der Waals surface area contributed by atoms with Gasteiger partial charge in [-0.05, 0) is 0 Å². The van der Waals surface area contributed by atoms with Crippen LogP contribution in [0.15, 0.2) is 0 Å². The van der Waals surface area contributed by atoms with Crippen molar-refractivity contribution in [3.05, 3.63) is 0 Å². The Labute approximate surface area is 179 Å². The van der Waals surface area contributed by atoms with E-state index in [1.807, 2.05) is 0 Å². The van der Waals surface area contributed by atoms with Gasteiger partial charge in [-0.1, -0.05) is 27.7 Å². The Hall–Kier alpha value is 0.1000. The third-order valence-electron chi connectivity index (χ3n) is 3.69. The third kappa shape index (κ3) is 15.8. The molecule has 0 aromatic heterocycles. The number of aliphatic hydroxyl groups excluding tert-OH is 1. The summed E-state index contributed by atoms with van der Waals surface area (Å²) in [5, 5.41) is 9.65. The van der Waals surface area contributed by atoms with E-state index in [2.05, 4.69) is 0 Å². The van der Waals surface area contributed by atoms with E-state index in [4.69, 9.17) is 28.0 Å². The first-order valence-corrected chi connectivity index (χ1v) is 13.2. The lowest BCUT2D eigenvalue weighted by atomic mass is 10.4. The van der Waals surface area contributed by atoms with Crippen molar-refractivity contribution in [3.8, 4) is 0 Å². The minimum absolute atomic E-state index is 0.0259. The molecule has 0 fully saturated rings. The minimum atomic E-state index is -3.69. The maximum atomic E-state index is 11.6. The zero-order chi connectivity index (χ0) is 23.0. The van der Waals surface area contributed by atoms with Gasteiger partial charge in [0.25, 0.3) is 0 Å². The molecule has 13 heteroatoms. The van der Waals surface area contributed by atoms with Crippen molar-refractivity contribution in [1.82, 2.24) is 0 Å². The molecule has 0 saturated heterocycles. The van der Waals surface area contributed by atoms with Crippen molar-refractivity contribution < 1.29 is 52.0 Å². The summed E-state index contributed by atoms with van der Waals surface area (Å²) in [6.07, 6.45) is -0.993. The van der Waals surface area contributed by atoms with Gasteiger partial charge in [-0.15, -0.1) is 0 Å². The van der Waals surface area contributed by atoms with Crippen molar-refractivity contribution in [2.45, 2.75) is 45.1 Å². The zero-order valence-corrected chi connectivity index (χ0v) is 20.1. The molecule has 0 amide bonds. The molecule has 3 N–H and O–H groups in total. The van der Waals surface area contributed by atoms with Gasteiger partial charge in [-0.25, -0.2) is 0 Å². The highest BCUT2D eigenvalue weighted by Gasteiger charge is 2.25. The van der Waals surface area contributed by atoms with Gasteiger partial charge in [0, 0.05) is 0 Å². The highest BCUT2D eigenvalue weighted by Crippen LogP contribution is 2.47. The van der Waals surface area contributed by atoms with E-state index in [0.29, 0.717) is 33.0 Å². The monoisotopic (exact) mass is 480 g/mol. The average Bonchev–Trinajstić information content (AvgIpc) is 2.66. The summed E-state index contributed by atoms with van der Waals surface area (Å²) in [6.45, 7) is 8.33. The number of hydrogen-bond donors (Lipinski definition) is 3. The Bertz CT molecular complexity index is 516. The van der Waals surface area contributed by atoms with E-state index >= 15 is 0 Å². The summed E-state index contributed by atoms with van der Waals surface area (Å²) in [5.41, 5.74) is -0.972. The van der Waals surface area contributed by atoms with Gasteiger partial charge < -0.3 is 42.9 Å². The molecule has 0 saturated carbocycles. The van der Waals surface area contributed by atoms with E-state index in [-0.39, 0.29) is 33.0 Å². The first-order chi connectivity index (χ1) is 14.0.